The Balaban J connectivity index is 1.91. The summed E-state index contributed by atoms with van der Waals surface area (Å²) in [5.74, 6) is 2.59. The van der Waals surface area contributed by atoms with Crippen LogP contribution in [0.15, 0.2) is 10.6 Å². The minimum absolute atomic E-state index is 0.0528. The van der Waals surface area contributed by atoms with Crippen LogP contribution < -0.4 is 5.32 Å². The van der Waals surface area contributed by atoms with Gasteiger partial charge in [0.1, 0.15) is 11.5 Å². The van der Waals surface area contributed by atoms with Crippen LogP contribution in [0.3, 0.4) is 0 Å². The first-order chi connectivity index (χ1) is 7.66. The monoisotopic (exact) mass is 241 g/mol. The van der Waals surface area contributed by atoms with Crippen molar-refractivity contribution in [1.29, 1.82) is 0 Å². The third-order valence-electron chi connectivity index (χ3n) is 2.47. The molecule has 0 spiro atoms. The van der Waals surface area contributed by atoms with Crippen LogP contribution >= 0.6 is 11.8 Å². The molecule has 6 heteroatoms. The number of carbonyl (C=O) groups is 1. The molecule has 0 saturated carbocycles. The van der Waals surface area contributed by atoms with Gasteiger partial charge in [0.15, 0.2) is 0 Å². The van der Waals surface area contributed by atoms with Gasteiger partial charge in [0.25, 0.3) is 0 Å². The predicted octanol–water partition coefficient (Wildman–Crippen LogP) is 0.604. The number of likely N-dealkylation sites (N-methyl/N-ethyl adjacent to an activating group) is 1. The molecule has 1 aliphatic rings. The zero-order valence-electron chi connectivity index (χ0n) is 9.40. The van der Waals surface area contributed by atoms with Gasteiger partial charge in [-0.25, -0.2) is 0 Å². The number of aromatic nitrogens is 1. The molecular formula is C10H15N3O2S. The molecule has 1 saturated heterocycles. The number of carbonyl (C=O) groups excluding carboxylic acids is 1. The third-order valence-corrected chi connectivity index (χ3v) is 3.41. The zero-order chi connectivity index (χ0) is 11.5. The van der Waals surface area contributed by atoms with Crippen LogP contribution in [-0.2, 0) is 11.3 Å². The van der Waals surface area contributed by atoms with Crippen molar-refractivity contribution in [2.75, 3.05) is 18.7 Å². The van der Waals surface area contributed by atoms with Crippen LogP contribution in [0.4, 0.5) is 0 Å². The molecule has 1 fully saturated rings. The third kappa shape index (κ3) is 2.56. The lowest BCUT2D eigenvalue weighted by molar-refractivity contribution is -0.131. The molecule has 5 nitrogen and oxygen atoms in total. The largest absolute Gasteiger partial charge is 0.361 e. The maximum absolute atomic E-state index is 11.9. The van der Waals surface area contributed by atoms with Crippen molar-refractivity contribution < 1.29 is 9.32 Å². The number of nitrogens with one attached hydrogen (secondary N) is 1. The molecule has 1 N–H and O–H groups in total. The maximum atomic E-state index is 11.9. The maximum Gasteiger partial charge on any atom is 0.240 e. The van der Waals surface area contributed by atoms with E-state index >= 15 is 0 Å². The van der Waals surface area contributed by atoms with E-state index in [1.54, 1.807) is 23.7 Å². The van der Waals surface area contributed by atoms with Gasteiger partial charge in [0, 0.05) is 24.7 Å². The predicted molar refractivity (Wildman–Crippen MR) is 62.0 cm³/mol. The number of nitrogens with zero attached hydrogens (tertiary/aromatic N) is 2. The van der Waals surface area contributed by atoms with Crippen LogP contribution in [0.2, 0.25) is 0 Å². The highest BCUT2D eigenvalue weighted by Gasteiger charge is 2.25. The van der Waals surface area contributed by atoms with Gasteiger partial charge in [-0.15, -0.1) is 11.8 Å². The Morgan fingerprint density at radius 2 is 2.62 bits per heavy atom. The quantitative estimate of drug-likeness (QED) is 0.840. The second-order valence-corrected chi connectivity index (χ2v) is 4.93. The molecule has 0 aliphatic carbocycles. The minimum Gasteiger partial charge on any atom is -0.361 e. The summed E-state index contributed by atoms with van der Waals surface area (Å²) >= 11 is 1.75. The molecule has 1 amide bonds. The Morgan fingerprint density at radius 1 is 1.81 bits per heavy atom. The lowest BCUT2D eigenvalue weighted by Crippen LogP contribution is -2.42. The van der Waals surface area contributed by atoms with Gasteiger partial charge in [-0.2, -0.15) is 0 Å². The van der Waals surface area contributed by atoms with Crippen molar-refractivity contribution in [2.45, 2.75) is 19.5 Å². The summed E-state index contributed by atoms with van der Waals surface area (Å²) in [7, 11) is 1.79. The SMILES string of the molecule is Cc1cc(CN(C)C(=O)C2CSCN2)no1. The van der Waals surface area contributed by atoms with E-state index < -0.39 is 0 Å². The Morgan fingerprint density at radius 3 is 3.19 bits per heavy atom. The van der Waals surface area contributed by atoms with Gasteiger partial charge < -0.3 is 9.42 Å². The summed E-state index contributed by atoms with van der Waals surface area (Å²) in [6.07, 6.45) is 0. The fourth-order valence-electron chi connectivity index (χ4n) is 1.63. The van der Waals surface area contributed by atoms with Crippen molar-refractivity contribution in [3.63, 3.8) is 0 Å². The molecule has 1 aromatic rings. The Labute approximate surface area is 98.5 Å². The summed E-state index contributed by atoms with van der Waals surface area (Å²) in [5.41, 5.74) is 0.791. The van der Waals surface area contributed by atoms with Crippen molar-refractivity contribution >= 4 is 17.7 Å². The van der Waals surface area contributed by atoms with Gasteiger partial charge >= 0.3 is 0 Å². The highest BCUT2D eigenvalue weighted by atomic mass is 32.2. The van der Waals surface area contributed by atoms with Crippen LogP contribution in [-0.4, -0.2) is 40.7 Å². The van der Waals surface area contributed by atoms with E-state index in [4.69, 9.17) is 4.52 Å². The zero-order valence-corrected chi connectivity index (χ0v) is 10.2. The molecular weight excluding hydrogens is 226 g/mol. The number of aryl methyl sites for hydroxylation is 1. The fourth-order valence-corrected chi connectivity index (χ4v) is 2.57. The molecule has 16 heavy (non-hydrogen) atoms. The Kier molecular flexibility index (Phi) is 3.50. The van der Waals surface area contributed by atoms with E-state index in [-0.39, 0.29) is 11.9 Å². The molecule has 0 radical (unpaired) electrons. The van der Waals surface area contributed by atoms with Crippen LogP contribution in [0.25, 0.3) is 0 Å². The lowest BCUT2D eigenvalue weighted by Gasteiger charge is -2.19. The Hall–Kier alpha value is -1.01. The summed E-state index contributed by atoms with van der Waals surface area (Å²) in [6, 6.07) is 1.80. The van der Waals surface area contributed by atoms with Gasteiger partial charge in [-0.05, 0) is 6.92 Å². The first kappa shape index (κ1) is 11.5. The lowest BCUT2D eigenvalue weighted by atomic mass is 10.3. The molecule has 0 bridgehead atoms. The van der Waals surface area contributed by atoms with Crippen molar-refractivity contribution in [2.24, 2.45) is 0 Å². The van der Waals surface area contributed by atoms with Crippen LogP contribution in [0.5, 0.6) is 0 Å². The van der Waals surface area contributed by atoms with E-state index in [1.807, 2.05) is 13.0 Å². The summed E-state index contributed by atoms with van der Waals surface area (Å²) in [6.45, 7) is 2.34. The topological polar surface area (TPSA) is 58.4 Å². The molecule has 2 heterocycles. The summed E-state index contributed by atoms with van der Waals surface area (Å²) in [4.78, 5) is 13.6. The van der Waals surface area contributed by atoms with Gasteiger partial charge in [0.05, 0.1) is 12.6 Å². The van der Waals surface area contributed by atoms with Gasteiger partial charge in [-0.3, -0.25) is 10.1 Å². The molecule has 1 atom stereocenters. The van der Waals surface area contributed by atoms with Crippen molar-refractivity contribution in [3.8, 4) is 0 Å². The summed E-state index contributed by atoms with van der Waals surface area (Å²) in [5, 5.41) is 7.03. The average molecular weight is 241 g/mol. The molecule has 0 aromatic carbocycles. The number of hydrogen-bond donors (Lipinski definition) is 1. The average Bonchev–Trinajstić information content (AvgIpc) is 2.88. The van der Waals surface area contributed by atoms with E-state index in [1.165, 1.54) is 0 Å². The van der Waals surface area contributed by atoms with Crippen LogP contribution in [0, 0.1) is 6.92 Å². The molecule has 1 aliphatic heterocycles. The fraction of sp³-hybridized carbons (Fsp3) is 0.600. The minimum atomic E-state index is -0.0528. The van der Waals surface area contributed by atoms with Crippen molar-refractivity contribution in [3.05, 3.63) is 17.5 Å². The second kappa shape index (κ2) is 4.88. The van der Waals surface area contributed by atoms with E-state index in [0.29, 0.717) is 6.54 Å². The molecule has 2 rings (SSSR count). The molecule has 1 unspecified atom stereocenters. The number of hydrogen-bond acceptors (Lipinski definition) is 5. The standard InChI is InChI=1S/C10H15N3O2S/c1-7-3-8(12-15-7)4-13(2)10(14)9-5-16-6-11-9/h3,9,11H,4-6H2,1-2H3. The Bertz CT molecular complexity index is 374. The number of amides is 1. The number of rotatable bonds is 3. The van der Waals surface area contributed by atoms with E-state index in [0.717, 1.165) is 23.1 Å². The second-order valence-electron chi connectivity index (χ2n) is 3.90. The highest BCUT2D eigenvalue weighted by molar-refractivity contribution is 7.99. The van der Waals surface area contributed by atoms with E-state index in [9.17, 15) is 4.79 Å². The highest BCUT2D eigenvalue weighted by Crippen LogP contribution is 2.12. The smallest absolute Gasteiger partial charge is 0.240 e. The summed E-state index contributed by atoms with van der Waals surface area (Å²) < 4.78 is 4.96. The van der Waals surface area contributed by atoms with Gasteiger partial charge in [-0.1, -0.05) is 5.16 Å². The normalized spacial score (nSPS) is 20.0. The van der Waals surface area contributed by atoms with Crippen LogP contribution in [0.1, 0.15) is 11.5 Å². The number of thioether (sulfide) groups is 1. The van der Waals surface area contributed by atoms with E-state index in [2.05, 4.69) is 10.5 Å². The molecule has 88 valence electrons. The first-order valence-electron chi connectivity index (χ1n) is 5.15. The van der Waals surface area contributed by atoms with Crippen molar-refractivity contribution in [1.82, 2.24) is 15.4 Å². The van der Waals surface area contributed by atoms with Gasteiger partial charge in [0.2, 0.25) is 5.91 Å². The first-order valence-corrected chi connectivity index (χ1v) is 6.30. The molecule has 1 aromatic heterocycles.